The topological polar surface area (TPSA) is 88.0 Å². The molecule has 2 aromatic heterocycles. The van der Waals surface area contributed by atoms with Crippen LogP contribution in [-0.2, 0) is 0 Å². The molecule has 0 atom stereocenters. The summed E-state index contributed by atoms with van der Waals surface area (Å²) in [5.74, 6) is 0. The average molecular weight is 272 g/mol. The van der Waals surface area contributed by atoms with Gasteiger partial charge < -0.3 is 10.1 Å². The summed E-state index contributed by atoms with van der Waals surface area (Å²) < 4.78 is 1.29. The quantitative estimate of drug-likeness (QED) is 0.757. The second-order valence-electron chi connectivity index (χ2n) is 2.97. The van der Waals surface area contributed by atoms with Crippen LogP contribution in [0.25, 0.3) is 11.2 Å². The second kappa shape index (κ2) is 3.20. The second-order valence-corrected chi connectivity index (χ2v) is 3.83. The van der Waals surface area contributed by atoms with Crippen molar-refractivity contribution in [3.05, 3.63) is 26.7 Å². The Morgan fingerprint density at radius 2 is 2.33 bits per heavy atom. The average Bonchev–Trinajstić information content (AvgIpc) is 2.41. The van der Waals surface area contributed by atoms with Gasteiger partial charge in [-0.3, -0.25) is 0 Å². The van der Waals surface area contributed by atoms with Gasteiger partial charge in [0.2, 0.25) is 0 Å². The molecule has 0 spiro atoms. The summed E-state index contributed by atoms with van der Waals surface area (Å²) in [5.41, 5.74) is 0.423. The van der Waals surface area contributed by atoms with Gasteiger partial charge in [0, 0.05) is 4.47 Å². The Hall–Kier alpha value is -1.63. The summed E-state index contributed by atoms with van der Waals surface area (Å²) in [6, 6.07) is 1.62. The zero-order valence-electron chi connectivity index (χ0n) is 7.61. The van der Waals surface area contributed by atoms with Gasteiger partial charge in [-0.05, 0) is 28.9 Å². The van der Waals surface area contributed by atoms with E-state index < -0.39 is 11.8 Å². The van der Waals surface area contributed by atoms with Crippen LogP contribution in [0.15, 0.2) is 15.3 Å². The third-order valence-corrected chi connectivity index (χ3v) is 2.78. The molecule has 0 aliphatic heterocycles. The molecule has 15 heavy (non-hydrogen) atoms. The lowest BCUT2D eigenvalue weighted by Gasteiger charge is -1.98. The first-order chi connectivity index (χ1) is 7.00. The number of pyridine rings is 1. The highest BCUT2D eigenvalue weighted by Gasteiger charge is 2.14. The first-order valence-electron chi connectivity index (χ1n) is 4.02. The summed E-state index contributed by atoms with van der Waals surface area (Å²) in [5, 5.41) is 8.80. The van der Waals surface area contributed by atoms with E-state index >= 15 is 0 Å². The summed E-state index contributed by atoms with van der Waals surface area (Å²) in [6.07, 6.45) is -1.35. The van der Waals surface area contributed by atoms with Crippen molar-refractivity contribution in [2.24, 2.45) is 0 Å². The highest BCUT2D eigenvalue weighted by Crippen LogP contribution is 2.18. The molecular formula is C8H6BrN3O3. The molecule has 7 heteroatoms. The largest absolute Gasteiger partial charge is 0.464 e. The molecule has 78 valence electrons. The van der Waals surface area contributed by atoms with Gasteiger partial charge in [0.05, 0.1) is 11.2 Å². The predicted molar refractivity (Wildman–Crippen MR) is 56.2 cm³/mol. The van der Waals surface area contributed by atoms with E-state index in [-0.39, 0.29) is 5.65 Å². The number of hydrogen-bond donors (Lipinski definition) is 2. The van der Waals surface area contributed by atoms with Crippen LogP contribution in [0.5, 0.6) is 0 Å². The van der Waals surface area contributed by atoms with Gasteiger partial charge in [-0.15, -0.1) is 0 Å². The van der Waals surface area contributed by atoms with E-state index in [1.54, 1.807) is 13.0 Å². The van der Waals surface area contributed by atoms with Crippen molar-refractivity contribution in [3.63, 3.8) is 0 Å². The first kappa shape index (κ1) is 9.91. The molecule has 2 aromatic rings. The Labute approximate surface area is 91.7 Å². The van der Waals surface area contributed by atoms with Crippen LogP contribution in [0, 0.1) is 6.92 Å². The summed E-state index contributed by atoms with van der Waals surface area (Å²) in [7, 11) is 0. The Morgan fingerprint density at radius 1 is 1.67 bits per heavy atom. The van der Waals surface area contributed by atoms with Crippen molar-refractivity contribution in [1.82, 2.24) is 14.5 Å². The lowest BCUT2D eigenvalue weighted by molar-refractivity contribution is 0.196. The van der Waals surface area contributed by atoms with Gasteiger partial charge in [0.15, 0.2) is 5.65 Å². The lowest BCUT2D eigenvalue weighted by atomic mass is 10.3. The normalized spacial score (nSPS) is 10.8. The van der Waals surface area contributed by atoms with Gasteiger partial charge in [-0.2, -0.15) is 4.57 Å². The van der Waals surface area contributed by atoms with Gasteiger partial charge >= 0.3 is 11.8 Å². The number of aromatic amines is 1. The number of aromatic nitrogens is 3. The molecule has 0 saturated heterocycles. The molecule has 0 unspecified atom stereocenters. The number of hydrogen-bond acceptors (Lipinski definition) is 3. The van der Waals surface area contributed by atoms with E-state index in [9.17, 15) is 9.59 Å². The van der Waals surface area contributed by atoms with E-state index in [4.69, 9.17) is 5.11 Å². The molecule has 2 heterocycles. The van der Waals surface area contributed by atoms with Crippen LogP contribution in [0.1, 0.15) is 5.69 Å². The molecule has 2 N–H and O–H groups in total. The Balaban J connectivity index is 2.94. The number of halogens is 1. The number of nitrogens with one attached hydrogen (secondary N) is 1. The van der Waals surface area contributed by atoms with Crippen molar-refractivity contribution in [1.29, 1.82) is 0 Å². The number of rotatable bonds is 0. The number of carboxylic acid groups (broad SMARTS) is 1. The van der Waals surface area contributed by atoms with Crippen LogP contribution in [0.3, 0.4) is 0 Å². The fraction of sp³-hybridized carbons (Fsp3) is 0.125. The number of carbonyl (C=O) groups is 1. The van der Waals surface area contributed by atoms with Crippen LogP contribution >= 0.6 is 15.9 Å². The Bertz CT molecular complexity index is 613. The molecule has 0 aromatic carbocycles. The third kappa shape index (κ3) is 1.44. The maximum absolute atomic E-state index is 11.3. The fourth-order valence-electron chi connectivity index (χ4n) is 1.28. The zero-order chi connectivity index (χ0) is 11.2. The summed E-state index contributed by atoms with van der Waals surface area (Å²) >= 11 is 3.25. The van der Waals surface area contributed by atoms with Gasteiger partial charge in [-0.25, -0.2) is 14.6 Å². The van der Waals surface area contributed by atoms with Crippen LogP contribution < -0.4 is 5.69 Å². The van der Waals surface area contributed by atoms with Crippen molar-refractivity contribution in [3.8, 4) is 0 Å². The van der Waals surface area contributed by atoms with Gasteiger partial charge in [-0.1, -0.05) is 0 Å². The van der Waals surface area contributed by atoms with Crippen LogP contribution in [-0.4, -0.2) is 25.7 Å². The van der Waals surface area contributed by atoms with E-state index in [0.29, 0.717) is 20.3 Å². The SMILES string of the molecule is Cc1nc2c(cc1Br)[nH]c(=O)n2C(=O)O. The van der Waals surface area contributed by atoms with Crippen molar-refractivity contribution in [2.75, 3.05) is 0 Å². The minimum absolute atomic E-state index is 0.119. The number of nitrogens with zero attached hydrogens (tertiary/aromatic N) is 2. The molecule has 6 nitrogen and oxygen atoms in total. The van der Waals surface area contributed by atoms with E-state index in [2.05, 4.69) is 25.9 Å². The maximum atomic E-state index is 11.3. The van der Waals surface area contributed by atoms with Gasteiger partial charge in [0.1, 0.15) is 0 Å². The molecule has 0 saturated carbocycles. The standard InChI is InChI=1S/C8H6BrN3O3/c1-3-4(9)2-5-6(10-3)12(8(14)15)7(13)11-5/h2H,1H3,(H,11,13)(H,14,15). The molecule has 0 radical (unpaired) electrons. The van der Waals surface area contributed by atoms with Crippen molar-refractivity contribution >= 4 is 33.2 Å². The van der Waals surface area contributed by atoms with E-state index in [1.165, 1.54) is 0 Å². The summed E-state index contributed by atoms with van der Waals surface area (Å²) in [4.78, 5) is 28.5. The number of H-pyrrole nitrogens is 1. The highest BCUT2D eigenvalue weighted by molar-refractivity contribution is 9.10. The van der Waals surface area contributed by atoms with E-state index in [0.717, 1.165) is 0 Å². The Morgan fingerprint density at radius 3 is 2.93 bits per heavy atom. The molecule has 0 bridgehead atoms. The van der Waals surface area contributed by atoms with E-state index in [1.807, 2.05) is 0 Å². The van der Waals surface area contributed by atoms with Crippen LogP contribution in [0.4, 0.5) is 4.79 Å². The number of fused-ring (bicyclic) bond motifs is 1. The smallest absolute Gasteiger partial charge is 0.421 e. The third-order valence-electron chi connectivity index (χ3n) is 1.98. The van der Waals surface area contributed by atoms with Crippen molar-refractivity contribution < 1.29 is 9.90 Å². The van der Waals surface area contributed by atoms with Gasteiger partial charge in [0.25, 0.3) is 0 Å². The maximum Gasteiger partial charge on any atom is 0.421 e. The number of aryl methyl sites for hydroxylation is 1. The monoisotopic (exact) mass is 271 g/mol. The predicted octanol–water partition coefficient (Wildman–Crippen LogP) is 1.32. The summed E-state index contributed by atoms with van der Waals surface area (Å²) in [6.45, 7) is 1.72. The minimum atomic E-state index is -1.35. The minimum Gasteiger partial charge on any atom is -0.464 e. The molecule has 0 amide bonds. The van der Waals surface area contributed by atoms with Crippen LogP contribution in [0.2, 0.25) is 0 Å². The molecule has 0 fully saturated rings. The molecule has 0 aliphatic carbocycles. The molecule has 2 rings (SSSR count). The highest BCUT2D eigenvalue weighted by atomic mass is 79.9. The molecule has 0 aliphatic rings. The zero-order valence-corrected chi connectivity index (χ0v) is 9.20. The fourth-order valence-corrected chi connectivity index (χ4v) is 1.59. The molecular weight excluding hydrogens is 266 g/mol. The first-order valence-corrected chi connectivity index (χ1v) is 4.81. The Kier molecular flexibility index (Phi) is 2.11. The lowest BCUT2D eigenvalue weighted by Crippen LogP contribution is -2.23. The number of imidazole rings is 1. The van der Waals surface area contributed by atoms with Crippen molar-refractivity contribution in [2.45, 2.75) is 6.92 Å².